The molecular weight excluding hydrogens is 265 g/mol. The summed E-state index contributed by atoms with van der Waals surface area (Å²) in [5.74, 6) is 1.55. The first kappa shape index (κ1) is 15.8. The maximum Gasteiger partial charge on any atom is 0.191 e. The number of hydrogen-bond acceptors (Lipinski definition) is 1. The Labute approximate surface area is 127 Å². The summed E-state index contributed by atoms with van der Waals surface area (Å²) in [5, 5.41) is 6.60. The van der Waals surface area contributed by atoms with Crippen molar-refractivity contribution in [1.82, 2.24) is 10.6 Å². The molecule has 4 heteroatoms. The quantitative estimate of drug-likeness (QED) is 0.621. The topological polar surface area (TPSA) is 36.4 Å². The third kappa shape index (κ3) is 5.03. The highest BCUT2D eigenvalue weighted by Gasteiger charge is 2.20. The SMILES string of the molecule is CCNC(=NCCC1CC1)NC(C)c1ccc(C)c(F)c1. The van der Waals surface area contributed by atoms with Gasteiger partial charge in [0.2, 0.25) is 0 Å². The Balaban J connectivity index is 1.95. The number of rotatable bonds is 6. The molecule has 116 valence electrons. The van der Waals surface area contributed by atoms with Crippen molar-refractivity contribution in [2.75, 3.05) is 13.1 Å². The van der Waals surface area contributed by atoms with E-state index in [0.29, 0.717) is 5.56 Å². The van der Waals surface area contributed by atoms with Gasteiger partial charge in [-0.3, -0.25) is 4.99 Å². The number of aryl methyl sites for hydroxylation is 1. The Hall–Kier alpha value is -1.58. The van der Waals surface area contributed by atoms with Crippen LogP contribution in [0.1, 0.15) is 50.3 Å². The van der Waals surface area contributed by atoms with Gasteiger partial charge < -0.3 is 10.6 Å². The van der Waals surface area contributed by atoms with Gasteiger partial charge in [0.25, 0.3) is 0 Å². The maximum atomic E-state index is 13.6. The van der Waals surface area contributed by atoms with Gasteiger partial charge in [-0.05, 0) is 50.3 Å². The summed E-state index contributed by atoms with van der Waals surface area (Å²) < 4.78 is 13.6. The van der Waals surface area contributed by atoms with E-state index in [9.17, 15) is 4.39 Å². The fraction of sp³-hybridized carbons (Fsp3) is 0.588. The minimum absolute atomic E-state index is 0.0267. The second kappa shape index (κ2) is 7.43. The number of hydrogen-bond donors (Lipinski definition) is 2. The van der Waals surface area contributed by atoms with Gasteiger partial charge in [0.05, 0.1) is 6.04 Å². The van der Waals surface area contributed by atoms with E-state index in [1.807, 2.05) is 26.0 Å². The van der Waals surface area contributed by atoms with Crippen molar-refractivity contribution in [3.63, 3.8) is 0 Å². The summed E-state index contributed by atoms with van der Waals surface area (Å²) in [6.45, 7) is 7.53. The van der Waals surface area contributed by atoms with Crippen LogP contribution in [0.25, 0.3) is 0 Å². The average Bonchev–Trinajstić information content (AvgIpc) is 3.26. The summed E-state index contributed by atoms with van der Waals surface area (Å²) in [6, 6.07) is 5.41. The molecule has 0 aliphatic heterocycles. The van der Waals surface area contributed by atoms with Crippen molar-refractivity contribution in [1.29, 1.82) is 0 Å². The van der Waals surface area contributed by atoms with Crippen LogP contribution in [0.3, 0.4) is 0 Å². The fourth-order valence-electron chi connectivity index (χ4n) is 2.25. The molecule has 0 spiro atoms. The van der Waals surface area contributed by atoms with Crippen LogP contribution in [0.5, 0.6) is 0 Å². The van der Waals surface area contributed by atoms with E-state index in [-0.39, 0.29) is 11.9 Å². The molecule has 0 radical (unpaired) electrons. The van der Waals surface area contributed by atoms with Crippen LogP contribution in [0.2, 0.25) is 0 Å². The molecule has 0 amide bonds. The van der Waals surface area contributed by atoms with E-state index in [1.165, 1.54) is 19.3 Å². The zero-order chi connectivity index (χ0) is 15.2. The molecular formula is C17H26FN3. The molecule has 2 rings (SSSR count). The molecule has 1 unspecified atom stereocenters. The molecule has 2 N–H and O–H groups in total. The van der Waals surface area contributed by atoms with Gasteiger partial charge in [0.15, 0.2) is 5.96 Å². The van der Waals surface area contributed by atoms with Crippen LogP contribution in [-0.4, -0.2) is 19.0 Å². The van der Waals surface area contributed by atoms with Gasteiger partial charge in [-0.25, -0.2) is 4.39 Å². The first-order chi connectivity index (χ1) is 10.1. The summed E-state index contributed by atoms with van der Waals surface area (Å²) in [6.07, 6.45) is 3.89. The zero-order valence-electron chi connectivity index (χ0n) is 13.2. The summed E-state index contributed by atoms with van der Waals surface area (Å²) in [7, 11) is 0. The monoisotopic (exact) mass is 291 g/mol. The van der Waals surface area contributed by atoms with E-state index < -0.39 is 0 Å². The molecule has 0 saturated heterocycles. The first-order valence-corrected chi connectivity index (χ1v) is 7.91. The fourth-order valence-corrected chi connectivity index (χ4v) is 2.25. The lowest BCUT2D eigenvalue weighted by Gasteiger charge is -2.18. The van der Waals surface area contributed by atoms with Crippen molar-refractivity contribution in [3.05, 3.63) is 35.1 Å². The van der Waals surface area contributed by atoms with Crippen molar-refractivity contribution in [2.24, 2.45) is 10.9 Å². The predicted molar refractivity (Wildman–Crippen MR) is 86.0 cm³/mol. The van der Waals surface area contributed by atoms with Crippen LogP contribution >= 0.6 is 0 Å². The molecule has 1 aliphatic rings. The van der Waals surface area contributed by atoms with Gasteiger partial charge in [0.1, 0.15) is 5.82 Å². The van der Waals surface area contributed by atoms with Crippen LogP contribution in [0.4, 0.5) is 4.39 Å². The van der Waals surface area contributed by atoms with Crippen LogP contribution in [0.15, 0.2) is 23.2 Å². The molecule has 3 nitrogen and oxygen atoms in total. The molecule has 1 aromatic carbocycles. The number of guanidine groups is 1. The van der Waals surface area contributed by atoms with E-state index in [0.717, 1.165) is 30.5 Å². The highest BCUT2D eigenvalue weighted by molar-refractivity contribution is 5.80. The maximum absolute atomic E-state index is 13.6. The summed E-state index contributed by atoms with van der Waals surface area (Å²) in [4.78, 5) is 4.60. The number of aliphatic imine (C=N–C) groups is 1. The zero-order valence-corrected chi connectivity index (χ0v) is 13.2. The molecule has 0 bridgehead atoms. The third-order valence-electron chi connectivity index (χ3n) is 3.90. The van der Waals surface area contributed by atoms with Gasteiger partial charge in [-0.2, -0.15) is 0 Å². The lowest BCUT2D eigenvalue weighted by molar-refractivity contribution is 0.607. The standard InChI is InChI=1S/C17H26FN3/c1-4-19-17(20-10-9-14-6-7-14)21-13(3)15-8-5-12(2)16(18)11-15/h5,8,11,13-14H,4,6-7,9-10H2,1-3H3,(H2,19,20,21). The third-order valence-corrected chi connectivity index (χ3v) is 3.90. The minimum Gasteiger partial charge on any atom is -0.357 e. The average molecular weight is 291 g/mol. The largest absolute Gasteiger partial charge is 0.357 e. The molecule has 21 heavy (non-hydrogen) atoms. The molecule has 1 saturated carbocycles. The molecule has 1 aliphatic carbocycles. The number of halogens is 1. The van der Waals surface area contributed by atoms with Gasteiger partial charge in [0, 0.05) is 13.1 Å². The number of benzene rings is 1. The highest BCUT2D eigenvalue weighted by Crippen LogP contribution is 2.32. The van der Waals surface area contributed by atoms with Gasteiger partial charge >= 0.3 is 0 Å². The van der Waals surface area contributed by atoms with Crippen LogP contribution < -0.4 is 10.6 Å². The summed E-state index contributed by atoms with van der Waals surface area (Å²) in [5.41, 5.74) is 1.61. The van der Waals surface area contributed by atoms with Crippen LogP contribution in [-0.2, 0) is 0 Å². The van der Waals surface area contributed by atoms with Gasteiger partial charge in [-0.15, -0.1) is 0 Å². The predicted octanol–water partition coefficient (Wildman–Crippen LogP) is 3.55. The van der Waals surface area contributed by atoms with Gasteiger partial charge in [-0.1, -0.05) is 25.0 Å². The minimum atomic E-state index is -0.156. The molecule has 1 aromatic rings. The normalized spacial score (nSPS) is 16.7. The second-order valence-corrected chi connectivity index (χ2v) is 5.87. The van der Waals surface area contributed by atoms with E-state index >= 15 is 0 Å². The molecule has 1 fully saturated rings. The van der Waals surface area contributed by atoms with Crippen LogP contribution in [0, 0.1) is 18.7 Å². The number of nitrogens with zero attached hydrogens (tertiary/aromatic N) is 1. The van der Waals surface area contributed by atoms with E-state index in [4.69, 9.17) is 0 Å². The lowest BCUT2D eigenvalue weighted by atomic mass is 10.1. The molecule has 0 heterocycles. The Morgan fingerprint density at radius 1 is 1.43 bits per heavy atom. The van der Waals surface area contributed by atoms with Crippen molar-refractivity contribution in [2.45, 2.75) is 46.1 Å². The summed E-state index contributed by atoms with van der Waals surface area (Å²) >= 11 is 0. The first-order valence-electron chi connectivity index (χ1n) is 7.91. The molecule has 0 aromatic heterocycles. The van der Waals surface area contributed by atoms with Crippen molar-refractivity contribution in [3.8, 4) is 0 Å². The van der Waals surface area contributed by atoms with E-state index in [2.05, 4.69) is 15.6 Å². The van der Waals surface area contributed by atoms with Crippen molar-refractivity contribution < 1.29 is 4.39 Å². The lowest BCUT2D eigenvalue weighted by Crippen LogP contribution is -2.38. The highest BCUT2D eigenvalue weighted by atomic mass is 19.1. The molecule has 1 atom stereocenters. The Morgan fingerprint density at radius 2 is 2.19 bits per heavy atom. The second-order valence-electron chi connectivity index (χ2n) is 5.87. The Kier molecular flexibility index (Phi) is 5.59. The Bertz CT molecular complexity index is 495. The number of nitrogens with one attached hydrogen (secondary N) is 2. The smallest absolute Gasteiger partial charge is 0.191 e. The van der Waals surface area contributed by atoms with Crippen molar-refractivity contribution >= 4 is 5.96 Å². The Morgan fingerprint density at radius 3 is 2.81 bits per heavy atom. The van der Waals surface area contributed by atoms with E-state index in [1.54, 1.807) is 13.0 Å².